The molecular weight excluding hydrogens is 418 g/mol. The minimum atomic E-state index is -0.196. The molecule has 174 valence electrons. The summed E-state index contributed by atoms with van der Waals surface area (Å²) < 4.78 is 6.62. The van der Waals surface area contributed by atoms with Crippen LogP contribution in [0.1, 0.15) is 48.2 Å². The predicted molar refractivity (Wildman–Crippen MR) is 129 cm³/mol. The summed E-state index contributed by atoms with van der Waals surface area (Å²) in [7, 11) is 1.63. The van der Waals surface area contributed by atoms with Crippen LogP contribution in [-0.2, 0) is 4.74 Å². The predicted octanol–water partition coefficient (Wildman–Crippen LogP) is 3.46. The molecule has 2 N–H and O–H groups in total. The third-order valence-electron chi connectivity index (χ3n) is 6.19. The summed E-state index contributed by atoms with van der Waals surface area (Å²) in [6, 6.07) is 10.3. The van der Waals surface area contributed by atoms with E-state index in [9.17, 15) is 9.59 Å². The first-order valence-corrected chi connectivity index (χ1v) is 11.6. The van der Waals surface area contributed by atoms with Gasteiger partial charge >= 0.3 is 0 Å². The fourth-order valence-corrected chi connectivity index (χ4v) is 4.35. The van der Waals surface area contributed by atoms with Crippen molar-refractivity contribution in [3.8, 4) is 5.69 Å². The van der Waals surface area contributed by atoms with Gasteiger partial charge in [0.25, 0.3) is 11.5 Å². The molecule has 0 radical (unpaired) electrons. The van der Waals surface area contributed by atoms with Gasteiger partial charge in [0, 0.05) is 37.2 Å². The van der Waals surface area contributed by atoms with Crippen molar-refractivity contribution in [2.75, 3.05) is 32.1 Å². The molecule has 0 aliphatic heterocycles. The number of nitrogens with zero attached hydrogens (tertiary/aromatic N) is 3. The van der Waals surface area contributed by atoms with Crippen LogP contribution >= 0.6 is 0 Å². The second kappa shape index (κ2) is 10.6. The van der Waals surface area contributed by atoms with Gasteiger partial charge in [0.1, 0.15) is 0 Å². The molecule has 1 amide bonds. The standard InChI is InChI=1S/C25H31N5O3/c1-17-21-12-13-22(31)30(23(21)29-25(28-17)26-14-15-33-2)20-10-8-19(9-11-20)24(32)27-16-18-6-4-3-5-7-18/h8-13,18H,3-7,14-16H2,1-2H3,(H,27,32)(H,26,28,29). The van der Waals surface area contributed by atoms with Gasteiger partial charge in [0.15, 0.2) is 5.65 Å². The lowest BCUT2D eigenvalue weighted by Crippen LogP contribution is -2.30. The molecule has 0 spiro atoms. The fraction of sp³-hybridized carbons (Fsp3) is 0.440. The number of pyridine rings is 1. The number of benzene rings is 1. The number of amides is 1. The topological polar surface area (TPSA) is 98.1 Å². The van der Waals surface area contributed by atoms with Crippen molar-refractivity contribution >= 4 is 22.9 Å². The van der Waals surface area contributed by atoms with Crippen molar-refractivity contribution in [3.05, 3.63) is 58.0 Å². The lowest BCUT2D eigenvalue weighted by molar-refractivity contribution is 0.0943. The number of hydrogen-bond donors (Lipinski definition) is 2. The van der Waals surface area contributed by atoms with E-state index < -0.39 is 0 Å². The number of carbonyl (C=O) groups excluding carboxylic acids is 1. The van der Waals surface area contributed by atoms with Gasteiger partial charge in [-0.2, -0.15) is 4.98 Å². The lowest BCUT2D eigenvalue weighted by Gasteiger charge is -2.21. The van der Waals surface area contributed by atoms with Crippen LogP contribution in [0.15, 0.2) is 41.2 Å². The Hall–Kier alpha value is -3.26. The maximum Gasteiger partial charge on any atom is 0.256 e. The number of ether oxygens (including phenoxy) is 1. The Bertz CT molecular complexity index is 1170. The average Bonchev–Trinajstić information content (AvgIpc) is 2.83. The minimum absolute atomic E-state index is 0.0832. The van der Waals surface area contributed by atoms with Crippen LogP contribution in [0.5, 0.6) is 0 Å². The summed E-state index contributed by atoms with van der Waals surface area (Å²) in [5.41, 5.74) is 2.32. The number of rotatable bonds is 8. The fourth-order valence-electron chi connectivity index (χ4n) is 4.35. The van der Waals surface area contributed by atoms with Gasteiger partial charge in [-0.3, -0.25) is 14.2 Å². The van der Waals surface area contributed by atoms with Gasteiger partial charge in [0.2, 0.25) is 5.95 Å². The monoisotopic (exact) mass is 449 g/mol. The van der Waals surface area contributed by atoms with Crippen molar-refractivity contribution in [2.24, 2.45) is 5.92 Å². The molecule has 0 saturated heterocycles. The third-order valence-corrected chi connectivity index (χ3v) is 6.19. The van der Waals surface area contributed by atoms with Crippen molar-refractivity contribution in [3.63, 3.8) is 0 Å². The Kier molecular flexibility index (Phi) is 7.34. The molecule has 1 fully saturated rings. The van der Waals surface area contributed by atoms with Crippen molar-refractivity contribution in [1.82, 2.24) is 19.9 Å². The second-order valence-corrected chi connectivity index (χ2v) is 8.56. The number of methoxy groups -OCH3 is 1. The number of fused-ring (bicyclic) bond motifs is 1. The van der Waals surface area contributed by atoms with E-state index in [0.29, 0.717) is 41.9 Å². The van der Waals surface area contributed by atoms with E-state index in [1.807, 2.05) is 6.92 Å². The molecule has 1 aliphatic rings. The lowest BCUT2D eigenvalue weighted by atomic mass is 9.89. The Morgan fingerprint density at radius 3 is 2.58 bits per heavy atom. The molecule has 1 aliphatic carbocycles. The molecule has 2 heterocycles. The van der Waals surface area contributed by atoms with E-state index >= 15 is 0 Å². The average molecular weight is 450 g/mol. The summed E-state index contributed by atoms with van der Waals surface area (Å²) in [6.07, 6.45) is 6.18. The first-order chi connectivity index (χ1) is 16.1. The van der Waals surface area contributed by atoms with Gasteiger partial charge in [-0.1, -0.05) is 19.3 Å². The highest BCUT2D eigenvalue weighted by Gasteiger charge is 2.16. The first-order valence-electron chi connectivity index (χ1n) is 11.6. The molecule has 33 heavy (non-hydrogen) atoms. The maximum absolute atomic E-state index is 12.8. The van der Waals surface area contributed by atoms with Crippen LogP contribution in [0.4, 0.5) is 5.95 Å². The van der Waals surface area contributed by atoms with Gasteiger partial charge in [-0.15, -0.1) is 0 Å². The van der Waals surface area contributed by atoms with Crippen molar-refractivity contribution < 1.29 is 9.53 Å². The summed E-state index contributed by atoms with van der Waals surface area (Å²) in [6.45, 7) is 3.69. The summed E-state index contributed by atoms with van der Waals surface area (Å²) in [5, 5.41) is 6.98. The quantitative estimate of drug-likeness (QED) is 0.511. The van der Waals surface area contributed by atoms with Crippen LogP contribution in [0.3, 0.4) is 0 Å². The zero-order valence-electron chi connectivity index (χ0n) is 19.3. The number of anilines is 1. The van der Waals surface area contributed by atoms with Crippen molar-refractivity contribution in [2.45, 2.75) is 39.0 Å². The molecule has 1 aromatic carbocycles. The minimum Gasteiger partial charge on any atom is -0.383 e. The number of aromatic nitrogens is 3. The Labute approximate surface area is 193 Å². The van der Waals surface area contributed by atoms with E-state index in [1.165, 1.54) is 38.2 Å². The molecule has 0 unspecified atom stereocenters. The molecule has 4 rings (SSSR count). The number of aryl methyl sites for hydroxylation is 1. The van der Waals surface area contributed by atoms with Gasteiger partial charge in [-0.25, -0.2) is 4.98 Å². The zero-order valence-corrected chi connectivity index (χ0v) is 19.3. The first kappa shape index (κ1) is 22.9. The molecular formula is C25H31N5O3. The highest BCUT2D eigenvalue weighted by molar-refractivity contribution is 5.94. The highest BCUT2D eigenvalue weighted by Crippen LogP contribution is 2.23. The largest absolute Gasteiger partial charge is 0.383 e. The second-order valence-electron chi connectivity index (χ2n) is 8.56. The Morgan fingerprint density at radius 1 is 1.09 bits per heavy atom. The van der Waals surface area contributed by atoms with Gasteiger partial charge < -0.3 is 15.4 Å². The van der Waals surface area contributed by atoms with Crippen LogP contribution in [0, 0.1) is 12.8 Å². The van der Waals surface area contributed by atoms with Crippen LogP contribution in [0.2, 0.25) is 0 Å². The normalized spacial score (nSPS) is 14.4. The molecule has 1 saturated carbocycles. The molecule has 8 nitrogen and oxygen atoms in total. The van der Waals surface area contributed by atoms with E-state index in [1.54, 1.807) is 42.0 Å². The van der Waals surface area contributed by atoms with E-state index in [-0.39, 0.29) is 11.5 Å². The molecule has 8 heteroatoms. The van der Waals surface area contributed by atoms with Crippen LogP contribution < -0.4 is 16.2 Å². The Balaban J connectivity index is 1.58. The summed E-state index contributed by atoms with van der Waals surface area (Å²) in [5.74, 6) is 0.932. The van der Waals surface area contributed by atoms with E-state index in [0.717, 1.165) is 17.6 Å². The molecule has 2 aromatic heterocycles. The van der Waals surface area contributed by atoms with Gasteiger partial charge in [-0.05, 0) is 56.0 Å². The Morgan fingerprint density at radius 2 is 1.85 bits per heavy atom. The maximum atomic E-state index is 12.8. The van der Waals surface area contributed by atoms with Crippen LogP contribution in [-0.4, -0.2) is 47.2 Å². The van der Waals surface area contributed by atoms with E-state index in [4.69, 9.17) is 4.74 Å². The van der Waals surface area contributed by atoms with Crippen LogP contribution in [0.25, 0.3) is 16.7 Å². The molecule has 0 bridgehead atoms. The summed E-state index contributed by atoms with van der Waals surface area (Å²) >= 11 is 0. The molecule has 3 aromatic rings. The molecule has 0 atom stereocenters. The third kappa shape index (κ3) is 5.39. The highest BCUT2D eigenvalue weighted by atomic mass is 16.5. The van der Waals surface area contributed by atoms with Crippen molar-refractivity contribution in [1.29, 1.82) is 0 Å². The smallest absolute Gasteiger partial charge is 0.256 e. The zero-order chi connectivity index (χ0) is 23.2. The SMILES string of the molecule is COCCNc1nc(C)c2ccc(=O)n(-c3ccc(C(=O)NCC4CCCCC4)cc3)c2n1. The van der Waals surface area contributed by atoms with Gasteiger partial charge in [0.05, 0.1) is 18.0 Å². The number of carbonyl (C=O) groups is 1. The van der Waals surface area contributed by atoms with E-state index in [2.05, 4.69) is 20.6 Å². The number of hydrogen-bond acceptors (Lipinski definition) is 6. The summed E-state index contributed by atoms with van der Waals surface area (Å²) in [4.78, 5) is 34.5. The number of nitrogens with one attached hydrogen (secondary N) is 2.